The summed E-state index contributed by atoms with van der Waals surface area (Å²) in [6.07, 6.45) is 1.66. The maximum absolute atomic E-state index is 13.5. The van der Waals surface area contributed by atoms with Crippen molar-refractivity contribution in [3.05, 3.63) is 54.0 Å². The van der Waals surface area contributed by atoms with E-state index in [-0.39, 0.29) is 5.82 Å². The minimum atomic E-state index is -0.160. The Morgan fingerprint density at radius 1 is 1.30 bits per heavy atom. The first kappa shape index (κ1) is 17.5. The molecule has 0 aliphatic heterocycles. The molecular formula is C16H18FN3OS2. The van der Waals surface area contributed by atoms with Crippen molar-refractivity contribution < 1.29 is 9.13 Å². The Morgan fingerprint density at radius 2 is 2.13 bits per heavy atom. The minimum Gasteiger partial charge on any atom is -0.493 e. The van der Waals surface area contributed by atoms with Crippen LogP contribution in [0.15, 0.2) is 42.6 Å². The van der Waals surface area contributed by atoms with E-state index in [2.05, 4.69) is 15.6 Å². The number of pyridine rings is 1. The molecule has 0 saturated heterocycles. The van der Waals surface area contributed by atoms with Gasteiger partial charge in [-0.3, -0.25) is 0 Å². The summed E-state index contributed by atoms with van der Waals surface area (Å²) in [5.74, 6) is 2.50. The lowest BCUT2D eigenvalue weighted by molar-refractivity contribution is 0.415. The van der Waals surface area contributed by atoms with Gasteiger partial charge in [0.1, 0.15) is 5.82 Å². The summed E-state index contributed by atoms with van der Waals surface area (Å²) in [5.41, 5.74) is 0.719. The predicted octanol–water partition coefficient (Wildman–Crippen LogP) is 3.45. The van der Waals surface area contributed by atoms with Gasteiger partial charge < -0.3 is 15.4 Å². The molecule has 2 rings (SSSR count). The zero-order valence-electron chi connectivity index (χ0n) is 12.7. The van der Waals surface area contributed by atoms with Gasteiger partial charge in [-0.1, -0.05) is 18.2 Å². The molecule has 122 valence electrons. The number of rotatable bonds is 7. The fourth-order valence-corrected chi connectivity index (χ4v) is 2.88. The summed E-state index contributed by atoms with van der Waals surface area (Å²) < 4.78 is 18.7. The number of hydrogen-bond acceptors (Lipinski definition) is 4. The lowest BCUT2D eigenvalue weighted by atomic mass is 10.2. The van der Waals surface area contributed by atoms with Crippen molar-refractivity contribution in [3.63, 3.8) is 0 Å². The molecule has 2 N–H and O–H groups in total. The topological polar surface area (TPSA) is 46.2 Å². The zero-order chi connectivity index (χ0) is 16.5. The number of nitrogens with one attached hydrogen (secondary N) is 2. The molecule has 0 saturated carbocycles. The molecule has 4 nitrogen and oxygen atoms in total. The van der Waals surface area contributed by atoms with Crippen molar-refractivity contribution in [3.8, 4) is 5.75 Å². The first-order valence-corrected chi connectivity index (χ1v) is 8.62. The predicted molar refractivity (Wildman–Crippen MR) is 97.6 cm³/mol. The highest BCUT2D eigenvalue weighted by Gasteiger charge is 2.05. The highest BCUT2D eigenvalue weighted by molar-refractivity contribution is 7.98. The molecule has 0 bridgehead atoms. The van der Waals surface area contributed by atoms with Crippen LogP contribution in [0.25, 0.3) is 0 Å². The molecule has 0 spiro atoms. The second-order valence-corrected chi connectivity index (χ2v) is 6.09. The van der Waals surface area contributed by atoms with E-state index in [1.807, 2.05) is 12.1 Å². The molecule has 0 fully saturated rings. The third-order valence-electron chi connectivity index (χ3n) is 2.97. The fraction of sp³-hybridized carbons (Fsp3) is 0.250. The quantitative estimate of drug-likeness (QED) is 0.588. The first-order valence-electron chi connectivity index (χ1n) is 7.05. The second-order valence-electron chi connectivity index (χ2n) is 4.58. The number of ether oxygens (including phenoxy) is 1. The third kappa shape index (κ3) is 5.69. The van der Waals surface area contributed by atoms with E-state index in [4.69, 9.17) is 17.0 Å². The summed E-state index contributed by atoms with van der Waals surface area (Å²) in [7, 11) is 1.58. The number of benzene rings is 1. The number of nitrogens with zero attached hydrogens (tertiary/aromatic N) is 1. The molecule has 0 aliphatic carbocycles. The normalized spacial score (nSPS) is 10.2. The van der Waals surface area contributed by atoms with Gasteiger partial charge in [-0.05, 0) is 36.0 Å². The monoisotopic (exact) mass is 351 g/mol. The van der Waals surface area contributed by atoms with Crippen molar-refractivity contribution in [2.75, 3.05) is 24.7 Å². The van der Waals surface area contributed by atoms with Gasteiger partial charge in [0.15, 0.2) is 16.7 Å². The molecule has 0 aliphatic rings. The average Bonchev–Trinajstić information content (AvgIpc) is 2.56. The van der Waals surface area contributed by atoms with Gasteiger partial charge in [-0.25, -0.2) is 9.37 Å². The minimum absolute atomic E-state index is 0.160. The summed E-state index contributed by atoms with van der Waals surface area (Å²) >= 11 is 6.87. The third-order valence-corrected chi connectivity index (χ3v) is 4.22. The molecular weight excluding hydrogens is 333 g/mol. The zero-order valence-corrected chi connectivity index (χ0v) is 14.3. The van der Waals surface area contributed by atoms with Crippen LogP contribution in [-0.2, 0) is 5.75 Å². The summed E-state index contributed by atoms with van der Waals surface area (Å²) in [4.78, 5) is 4.17. The molecule has 1 aromatic carbocycles. The van der Waals surface area contributed by atoms with E-state index in [0.717, 1.165) is 11.3 Å². The number of aromatic nitrogens is 1. The van der Waals surface area contributed by atoms with Crippen LogP contribution in [0.1, 0.15) is 5.56 Å². The smallest absolute Gasteiger partial charge is 0.174 e. The Morgan fingerprint density at radius 3 is 2.91 bits per heavy atom. The van der Waals surface area contributed by atoms with E-state index in [9.17, 15) is 4.39 Å². The lowest BCUT2D eigenvalue weighted by Crippen LogP contribution is -2.30. The number of thiocarbonyl (C=S) groups is 1. The van der Waals surface area contributed by atoms with Gasteiger partial charge in [0.25, 0.3) is 0 Å². The lowest BCUT2D eigenvalue weighted by Gasteiger charge is -2.12. The Balaban J connectivity index is 1.68. The average molecular weight is 351 g/mol. The largest absolute Gasteiger partial charge is 0.493 e. The Kier molecular flexibility index (Phi) is 7.09. The van der Waals surface area contributed by atoms with Crippen LogP contribution in [0.5, 0.6) is 5.75 Å². The van der Waals surface area contributed by atoms with E-state index in [1.54, 1.807) is 43.3 Å². The molecule has 0 atom stereocenters. The number of hydrogen-bond donors (Lipinski definition) is 2. The first-order chi connectivity index (χ1) is 11.2. The van der Waals surface area contributed by atoms with Gasteiger partial charge >= 0.3 is 0 Å². The van der Waals surface area contributed by atoms with Crippen LogP contribution < -0.4 is 15.4 Å². The molecule has 2 aromatic rings. The van der Waals surface area contributed by atoms with Gasteiger partial charge in [-0.15, -0.1) is 0 Å². The van der Waals surface area contributed by atoms with Gasteiger partial charge in [-0.2, -0.15) is 11.8 Å². The maximum Gasteiger partial charge on any atom is 0.174 e. The van der Waals surface area contributed by atoms with Crippen molar-refractivity contribution >= 4 is 34.9 Å². The molecule has 0 amide bonds. The van der Waals surface area contributed by atoms with Crippen molar-refractivity contribution in [2.24, 2.45) is 0 Å². The summed E-state index contributed by atoms with van der Waals surface area (Å²) in [6.45, 7) is 0.681. The van der Waals surface area contributed by atoms with Crippen LogP contribution in [-0.4, -0.2) is 29.5 Å². The van der Waals surface area contributed by atoms with Gasteiger partial charge in [0.05, 0.1) is 7.11 Å². The highest BCUT2D eigenvalue weighted by atomic mass is 32.2. The van der Waals surface area contributed by atoms with Crippen LogP contribution in [0.4, 0.5) is 10.2 Å². The van der Waals surface area contributed by atoms with Gasteiger partial charge in [0, 0.05) is 24.2 Å². The van der Waals surface area contributed by atoms with Crippen molar-refractivity contribution in [1.82, 2.24) is 10.3 Å². The molecule has 0 unspecified atom stereocenters. The van der Waals surface area contributed by atoms with Crippen LogP contribution in [0.2, 0.25) is 0 Å². The van der Waals surface area contributed by atoms with Crippen molar-refractivity contribution in [2.45, 2.75) is 5.75 Å². The maximum atomic E-state index is 13.5. The Hall–Kier alpha value is -1.86. The van der Waals surface area contributed by atoms with E-state index >= 15 is 0 Å². The molecule has 1 aromatic heterocycles. The Bertz CT molecular complexity index is 655. The SMILES string of the molecule is COc1cccnc1NC(=S)NCCSCc1ccccc1F. The molecule has 0 radical (unpaired) electrons. The second kappa shape index (κ2) is 9.32. The fourth-order valence-electron chi connectivity index (χ4n) is 1.84. The molecule has 1 heterocycles. The van der Waals surface area contributed by atoms with Crippen LogP contribution in [0.3, 0.4) is 0 Å². The van der Waals surface area contributed by atoms with Crippen LogP contribution >= 0.6 is 24.0 Å². The standard InChI is InChI=1S/C16H18FN3OS2/c1-21-14-7-4-8-18-15(14)20-16(22)19-9-10-23-11-12-5-2-3-6-13(12)17/h2-8H,9-11H2,1H3,(H2,18,19,20,22). The van der Waals surface area contributed by atoms with Crippen molar-refractivity contribution in [1.29, 1.82) is 0 Å². The molecule has 23 heavy (non-hydrogen) atoms. The van der Waals surface area contributed by atoms with E-state index < -0.39 is 0 Å². The van der Waals surface area contributed by atoms with E-state index in [1.165, 1.54) is 6.07 Å². The van der Waals surface area contributed by atoms with Gasteiger partial charge in [0.2, 0.25) is 0 Å². The highest BCUT2D eigenvalue weighted by Crippen LogP contribution is 2.19. The Labute approximate surface area is 144 Å². The molecule has 7 heteroatoms. The summed E-state index contributed by atoms with van der Waals surface area (Å²) in [5, 5.41) is 6.57. The summed E-state index contributed by atoms with van der Waals surface area (Å²) in [6, 6.07) is 10.4. The van der Waals surface area contributed by atoms with Crippen LogP contribution in [0, 0.1) is 5.82 Å². The van der Waals surface area contributed by atoms with E-state index in [0.29, 0.717) is 29.0 Å². The number of anilines is 1. The number of thioether (sulfide) groups is 1. The number of halogens is 1. The number of methoxy groups -OCH3 is 1.